The molecule has 3 saturated heterocycles. The molecule has 3 fully saturated rings. The Morgan fingerprint density at radius 2 is 1.89 bits per heavy atom. The van der Waals surface area contributed by atoms with Crippen molar-refractivity contribution in [3.05, 3.63) is 29.3 Å². The van der Waals surface area contributed by atoms with E-state index in [4.69, 9.17) is 14.2 Å². The number of likely N-dealkylation sites (tertiary alicyclic amines) is 1. The zero-order valence-corrected chi connectivity index (χ0v) is 25.9. The molecule has 2 N–H and O–H groups in total. The number of imide groups is 1. The minimum atomic E-state index is -0.710. The lowest BCUT2D eigenvalue weighted by atomic mass is 9.99. The molecule has 0 aliphatic carbocycles. The first-order valence-corrected chi connectivity index (χ1v) is 16.2. The summed E-state index contributed by atoms with van der Waals surface area (Å²) in [7, 11) is 0. The predicted octanol–water partition coefficient (Wildman–Crippen LogP) is 1.98. The van der Waals surface area contributed by atoms with Gasteiger partial charge in [0.25, 0.3) is 5.91 Å². The highest BCUT2D eigenvalue weighted by molar-refractivity contribution is 6.06. The SMILES string of the molecule is CC1CCN(CCOCCN(CCOC2CCCCO2)CC(=O)Nc2cccc3c2CN(C2CCC(=O)NC2=O)C3=O)CC1. The van der Waals surface area contributed by atoms with Crippen molar-refractivity contribution < 1.29 is 33.4 Å². The summed E-state index contributed by atoms with van der Waals surface area (Å²) in [5, 5.41) is 5.32. The maximum atomic E-state index is 13.3. The van der Waals surface area contributed by atoms with E-state index in [9.17, 15) is 19.2 Å². The summed E-state index contributed by atoms with van der Waals surface area (Å²) in [6, 6.07) is 4.50. The van der Waals surface area contributed by atoms with E-state index in [1.807, 2.05) is 4.90 Å². The summed E-state index contributed by atoms with van der Waals surface area (Å²) in [5.41, 5.74) is 1.69. The molecule has 4 aliphatic heterocycles. The van der Waals surface area contributed by atoms with Crippen LogP contribution in [0.15, 0.2) is 18.2 Å². The number of nitrogens with zero attached hydrogens (tertiary/aromatic N) is 3. The van der Waals surface area contributed by atoms with Crippen molar-refractivity contribution in [1.29, 1.82) is 0 Å². The van der Waals surface area contributed by atoms with Crippen molar-refractivity contribution in [2.45, 2.75) is 70.7 Å². The van der Waals surface area contributed by atoms with Crippen molar-refractivity contribution >= 4 is 29.3 Å². The molecule has 4 heterocycles. The zero-order valence-electron chi connectivity index (χ0n) is 25.9. The number of ether oxygens (including phenoxy) is 3. The van der Waals surface area contributed by atoms with Crippen LogP contribution in [-0.4, -0.2) is 116 Å². The molecule has 4 amide bonds. The highest BCUT2D eigenvalue weighted by atomic mass is 16.7. The van der Waals surface area contributed by atoms with Crippen LogP contribution in [0.4, 0.5) is 5.69 Å². The third kappa shape index (κ3) is 8.85. The molecule has 1 aromatic carbocycles. The van der Waals surface area contributed by atoms with Crippen LogP contribution in [0.2, 0.25) is 0 Å². The number of anilines is 1. The Balaban J connectivity index is 1.14. The number of hydrogen-bond acceptors (Lipinski definition) is 9. The van der Waals surface area contributed by atoms with Crippen LogP contribution >= 0.6 is 0 Å². The summed E-state index contributed by atoms with van der Waals surface area (Å²) >= 11 is 0. The molecule has 0 spiro atoms. The Labute approximate surface area is 259 Å². The van der Waals surface area contributed by atoms with Gasteiger partial charge >= 0.3 is 0 Å². The van der Waals surface area contributed by atoms with E-state index in [-0.39, 0.29) is 49.9 Å². The van der Waals surface area contributed by atoms with Crippen LogP contribution in [-0.2, 0) is 35.1 Å². The van der Waals surface area contributed by atoms with Gasteiger partial charge in [-0.3, -0.25) is 29.4 Å². The van der Waals surface area contributed by atoms with E-state index in [1.165, 1.54) is 17.7 Å². The lowest BCUT2D eigenvalue weighted by Crippen LogP contribution is -2.52. The summed E-state index contributed by atoms with van der Waals surface area (Å²) in [6.07, 6.45) is 5.78. The van der Waals surface area contributed by atoms with E-state index < -0.39 is 11.9 Å². The maximum absolute atomic E-state index is 13.3. The summed E-state index contributed by atoms with van der Waals surface area (Å²) in [6.45, 7) is 9.26. The monoisotopic (exact) mass is 613 g/mol. The molecule has 0 saturated carbocycles. The minimum absolute atomic E-state index is 0.136. The topological polar surface area (TPSA) is 130 Å². The fraction of sp³-hybridized carbons (Fsp3) is 0.688. The van der Waals surface area contributed by atoms with E-state index in [1.54, 1.807) is 18.2 Å². The number of fused-ring (bicyclic) bond motifs is 1. The summed E-state index contributed by atoms with van der Waals surface area (Å²) in [4.78, 5) is 56.5. The Morgan fingerprint density at radius 1 is 1.07 bits per heavy atom. The zero-order chi connectivity index (χ0) is 30.9. The predicted molar refractivity (Wildman–Crippen MR) is 163 cm³/mol. The van der Waals surface area contributed by atoms with Gasteiger partial charge in [-0.05, 0) is 69.7 Å². The molecule has 2 atom stereocenters. The maximum Gasteiger partial charge on any atom is 0.255 e. The normalized spacial score (nSPS) is 23.2. The fourth-order valence-corrected chi connectivity index (χ4v) is 6.30. The second kappa shape index (κ2) is 15.9. The first-order valence-electron chi connectivity index (χ1n) is 16.2. The molecule has 0 aromatic heterocycles. The van der Waals surface area contributed by atoms with Gasteiger partial charge in [0, 0.05) is 56.0 Å². The lowest BCUT2D eigenvalue weighted by molar-refractivity contribution is -0.164. The molecule has 12 heteroatoms. The third-order valence-electron chi connectivity index (χ3n) is 9.05. The molecule has 0 radical (unpaired) electrons. The lowest BCUT2D eigenvalue weighted by Gasteiger charge is -2.30. The van der Waals surface area contributed by atoms with Gasteiger partial charge < -0.3 is 29.3 Å². The van der Waals surface area contributed by atoms with Gasteiger partial charge in [0.15, 0.2) is 6.29 Å². The van der Waals surface area contributed by atoms with Crippen LogP contribution in [0.5, 0.6) is 0 Å². The molecule has 2 unspecified atom stereocenters. The number of piperidine rings is 2. The molecular formula is C32H47N5O7. The first-order chi connectivity index (χ1) is 21.4. The standard InChI is InChI=1S/C32H47N5O7/c1-23-10-12-35(13-11-23)14-18-42-19-15-36(16-20-44-30-7-2-3-17-43-30)22-29(39)33-26-6-4-5-24-25(26)21-37(32(24)41)27-8-9-28(38)34-31(27)40/h4-6,23,27,30H,2-3,7-22H2,1H3,(H,33,39)(H,34,38,40). The van der Waals surface area contributed by atoms with Crippen molar-refractivity contribution in [3.8, 4) is 0 Å². The number of amides is 4. The Morgan fingerprint density at radius 3 is 2.66 bits per heavy atom. The largest absolute Gasteiger partial charge is 0.379 e. The Bertz CT molecular complexity index is 1170. The first kappa shape index (κ1) is 32.5. The second-order valence-corrected chi connectivity index (χ2v) is 12.4. The van der Waals surface area contributed by atoms with Crippen molar-refractivity contribution in [2.75, 3.05) is 71.0 Å². The minimum Gasteiger partial charge on any atom is -0.379 e. The van der Waals surface area contributed by atoms with Crippen molar-refractivity contribution in [2.24, 2.45) is 5.92 Å². The number of hydrogen-bond donors (Lipinski definition) is 2. The van der Waals surface area contributed by atoms with E-state index in [0.29, 0.717) is 56.3 Å². The summed E-state index contributed by atoms with van der Waals surface area (Å²) in [5.74, 6) is -0.467. The van der Waals surface area contributed by atoms with Crippen molar-refractivity contribution in [1.82, 2.24) is 20.0 Å². The number of rotatable bonds is 14. The van der Waals surface area contributed by atoms with Gasteiger partial charge in [-0.1, -0.05) is 13.0 Å². The van der Waals surface area contributed by atoms with Gasteiger partial charge in [0.1, 0.15) is 6.04 Å². The molecule has 4 aliphatic rings. The smallest absolute Gasteiger partial charge is 0.255 e. The van der Waals surface area contributed by atoms with E-state index in [2.05, 4.69) is 22.5 Å². The van der Waals surface area contributed by atoms with Crippen molar-refractivity contribution in [3.63, 3.8) is 0 Å². The van der Waals surface area contributed by atoms with Gasteiger partial charge in [-0.2, -0.15) is 0 Å². The molecule has 44 heavy (non-hydrogen) atoms. The summed E-state index contributed by atoms with van der Waals surface area (Å²) < 4.78 is 17.6. The molecule has 12 nitrogen and oxygen atoms in total. The molecule has 5 rings (SSSR count). The van der Waals surface area contributed by atoms with Crippen LogP contribution in [0.1, 0.15) is 67.8 Å². The number of benzene rings is 1. The quantitative estimate of drug-likeness (QED) is 0.239. The van der Waals surface area contributed by atoms with Gasteiger partial charge in [-0.15, -0.1) is 0 Å². The average molecular weight is 614 g/mol. The molecule has 242 valence electrons. The van der Waals surface area contributed by atoms with Crippen LogP contribution in [0, 0.1) is 5.92 Å². The highest BCUT2D eigenvalue weighted by Gasteiger charge is 2.40. The Hall–Kier alpha value is -2.90. The molecule has 0 bridgehead atoms. The second-order valence-electron chi connectivity index (χ2n) is 12.4. The molecular weight excluding hydrogens is 566 g/mol. The van der Waals surface area contributed by atoms with E-state index >= 15 is 0 Å². The number of nitrogens with one attached hydrogen (secondary N) is 2. The van der Waals surface area contributed by atoms with Crippen LogP contribution < -0.4 is 10.6 Å². The number of carbonyl (C=O) groups excluding carboxylic acids is 4. The van der Waals surface area contributed by atoms with Crippen LogP contribution in [0.25, 0.3) is 0 Å². The Kier molecular flexibility index (Phi) is 11.7. The number of carbonyl (C=O) groups is 4. The third-order valence-corrected chi connectivity index (χ3v) is 9.05. The van der Waals surface area contributed by atoms with Gasteiger partial charge in [0.2, 0.25) is 17.7 Å². The average Bonchev–Trinajstić information content (AvgIpc) is 3.35. The van der Waals surface area contributed by atoms with Crippen LogP contribution in [0.3, 0.4) is 0 Å². The van der Waals surface area contributed by atoms with E-state index in [0.717, 1.165) is 44.8 Å². The van der Waals surface area contributed by atoms with Gasteiger partial charge in [0.05, 0.1) is 26.4 Å². The molecule has 1 aromatic rings. The highest BCUT2D eigenvalue weighted by Crippen LogP contribution is 2.32. The van der Waals surface area contributed by atoms with Gasteiger partial charge in [-0.25, -0.2) is 0 Å². The fourth-order valence-electron chi connectivity index (χ4n) is 6.30.